The van der Waals surface area contributed by atoms with Crippen LogP contribution in [0.15, 0.2) is 78.9 Å². The second-order valence-corrected chi connectivity index (χ2v) is 11.5. The molecule has 3 aromatic rings. The Balaban J connectivity index is 1.47. The summed E-state index contributed by atoms with van der Waals surface area (Å²) in [4.78, 5) is 25.6. The van der Waals surface area contributed by atoms with Crippen LogP contribution in [0, 0.1) is 0 Å². The molecular weight excluding hydrogens is 493 g/mol. The van der Waals surface area contributed by atoms with E-state index in [2.05, 4.69) is 29.6 Å². The summed E-state index contributed by atoms with van der Waals surface area (Å²) < 4.78 is 12.4. The Labute approximate surface area is 207 Å². The van der Waals surface area contributed by atoms with Crippen LogP contribution in [0.4, 0.5) is 4.79 Å². The topological polar surface area (TPSA) is 64.6 Å². The number of nitrogens with one attached hydrogen (secondary N) is 1. The van der Waals surface area contributed by atoms with Crippen molar-refractivity contribution in [2.24, 2.45) is 0 Å². The van der Waals surface area contributed by atoms with Crippen LogP contribution in [-0.4, -0.2) is 45.3 Å². The summed E-state index contributed by atoms with van der Waals surface area (Å²) in [6.45, 7) is 5.60. The molecule has 0 aromatic heterocycles. The van der Waals surface area contributed by atoms with Gasteiger partial charge < -0.3 is 0 Å². The second-order valence-electron chi connectivity index (χ2n) is 9.18. The van der Waals surface area contributed by atoms with Crippen molar-refractivity contribution in [2.45, 2.75) is 43.7 Å². The van der Waals surface area contributed by atoms with E-state index in [1.807, 2.05) is 54.6 Å². The van der Waals surface area contributed by atoms with Crippen LogP contribution >= 0.6 is 0 Å². The molecule has 1 N–H and O–H groups in total. The summed E-state index contributed by atoms with van der Waals surface area (Å²) in [7, 11) is 0. The molecule has 5 nitrogen and oxygen atoms in total. The number of ether oxygens (including phenoxy) is 2. The quantitative estimate of drug-likeness (QED) is 0.362. The summed E-state index contributed by atoms with van der Waals surface area (Å²) in [6.07, 6.45) is -0.616. The zero-order valence-corrected chi connectivity index (χ0v) is 21.3. The molecule has 0 fully saturated rings. The van der Waals surface area contributed by atoms with Crippen molar-refractivity contribution in [3.63, 3.8) is 0 Å². The third kappa shape index (κ3) is 5.88. The monoisotopic (exact) mass is 523 g/mol. The average molecular weight is 523 g/mol. The zero-order valence-electron chi connectivity index (χ0n) is 19.6. The molecule has 0 aliphatic heterocycles. The number of amides is 1. The molecule has 1 aliphatic carbocycles. The molecule has 1 amide bonds. The van der Waals surface area contributed by atoms with Crippen LogP contribution in [0.1, 0.15) is 37.8 Å². The number of esters is 1. The third-order valence-corrected chi connectivity index (χ3v) is 7.81. The summed E-state index contributed by atoms with van der Waals surface area (Å²) in [5.74, 6) is -0.469. The number of benzene rings is 3. The van der Waals surface area contributed by atoms with E-state index in [9.17, 15) is 9.59 Å². The first-order valence-electron chi connectivity index (χ1n) is 11.3. The molecule has 0 radical (unpaired) electrons. The first kappa shape index (κ1) is 24.1. The normalized spacial score (nSPS) is 13.5. The van der Waals surface area contributed by atoms with Crippen LogP contribution in [0.2, 0.25) is 5.32 Å². The van der Waals surface area contributed by atoms with Gasteiger partial charge in [-0.25, -0.2) is 0 Å². The van der Waals surface area contributed by atoms with E-state index in [4.69, 9.17) is 9.47 Å². The predicted molar refractivity (Wildman–Crippen MR) is 134 cm³/mol. The van der Waals surface area contributed by atoms with Crippen molar-refractivity contribution in [3.05, 3.63) is 90.0 Å². The van der Waals surface area contributed by atoms with E-state index in [1.165, 1.54) is 11.1 Å². The van der Waals surface area contributed by atoms with E-state index in [1.54, 1.807) is 20.8 Å². The maximum absolute atomic E-state index is 13.2. The Hall–Kier alpha value is -3.08. The Morgan fingerprint density at radius 3 is 2.03 bits per heavy atom. The SMILES string of the molecule is CC(C)(C)OC(=O)N[C@@H](C[Se]c1ccccc1)C(=O)OCC1c2ccccc2-c2ccccc21. The molecular formula is C28H29NO4Se. The Morgan fingerprint density at radius 1 is 0.882 bits per heavy atom. The minimum absolute atomic E-state index is 0.00742. The standard InChI is InChI=1S/C28H29NO4Se/c1-28(2,3)33-27(31)29-25(18-34-19-11-5-4-6-12-19)26(30)32-17-24-22-15-9-7-13-20(22)21-14-8-10-16-23(21)24/h4-16,24-25H,17-18H2,1-3H3,(H,29,31)/t25-/m0/s1. The van der Waals surface area contributed by atoms with Gasteiger partial charge >= 0.3 is 207 Å². The van der Waals surface area contributed by atoms with Gasteiger partial charge in [0.2, 0.25) is 0 Å². The van der Waals surface area contributed by atoms with Crippen LogP contribution in [0.3, 0.4) is 0 Å². The summed E-state index contributed by atoms with van der Waals surface area (Å²) in [6, 6.07) is 25.6. The second kappa shape index (κ2) is 10.5. The van der Waals surface area contributed by atoms with Crippen LogP contribution in [-0.2, 0) is 14.3 Å². The number of carbonyl (C=O) groups excluding carboxylic acids is 2. The fraction of sp³-hybridized carbons (Fsp3) is 0.286. The molecule has 4 rings (SSSR count). The van der Waals surface area contributed by atoms with Gasteiger partial charge in [-0.2, -0.15) is 0 Å². The van der Waals surface area contributed by atoms with Gasteiger partial charge in [-0.05, 0) is 0 Å². The molecule has 0 heterocycles. The van der Waals surface area contributed by atoms with Crippen LogP contribution in [0.5, 0.6) is 0 Å². The Bertz CT molecular complexity index is 1110. The number of hydrogen-bond acceptors (Lipinski definition) is 4. The van der Waals surface area contributed by atoms with Crippen molar-refractivity contribution in [1.82, 2.24) is 5.32 Å². The van der Waals surface area contributed by atoms with Gasteiger partial charge in [-0.1, -0.05) is 0 Å². The van der Waals surface area contributed by atoms with Crippen LogP contribution < -0.4 is 9.78 Å². The summed E-state index contributed by atoms with van der Waals surface area (Å²) in [5, 5.41) is 3.22. The average Bonchev–Trinajstić information content (AvgIpc) is 3.13. The van der Waals surface area contributed by atoms with Gasteiger partial charge in [-0.3, -0.25) is 0 Å². The fourth-order valence-corrected chi connectivity index (χ4v) is 5.97. The molecule has 176 valence electrons. The summed E-state index contributed by atoms with van der Waals surface area (Å²) >= 11 is -0.00742. The number of hydrogen-bond donors (Lipinski definition) is 1. The predicted octanol–water partition coefficient (Wildman–Crippen LogP) is 4.68. The van der Waals surface area contributed by atoms with Gasteiger partial charge in [0.15, 0.2) is 0 Å². The first-order valence-corrected chi connectivity index (χ1v) is 13.4. The van der Waals surface area contributed by atoms with E-state index in [0.717, 1.165) is 15.6 Å². The van der Waals surface area contributed by atoms with Crippen molar-refractivity contribution in [2.75, 3.05) is 6.61 Å². The fourth-order valence-electron chi connectivity index (χ4n) is 4.02. The first-order chi connectivity index (χ1) is 16.3. The molecule has 1 atom stereocenters. The van der Waals surface area contributed by atoms with Gasteiger partial charge in [0.1, 0.15) is 0 Å². The number of fused-ring (bicyclic) bond motifs is 3. The molecule has 34 heavy (non-hydrogen) atoms. The zero-order chi connectivity index (χ0) is 24.1. The van der Waals surface area contributed by atoms with E-state index in [-0.39, 0.29) is 27.5 Å². The van der Waals surface area contributed by atoms with E-state index in [0.29, 0.717) is 5.32 Å². The van der Waals surface area contributed by atoms with Crippen molar-refractivity contribution in [1.29, 1.82) is 0 Å². The van der Waals surface area contributed by atoms with Gasteiger partial charge in [0.25, 0.3) is 0 Å². The van der Waals surface area contributed by atoms with Crippen molar-refractivity contribution >= 4 is 31.5 Å². The maximum atomic E-state index is 13.2. The van der Waals surface area contributed by atoms with Crippen molar-refractivity contribution < 1.29 is 19.1 Å². The van der Waals surface area contributed by atoms with Gasteiger partial charge in [-0.15, -0.1) is 0 Å². The molecule has 0 spiro atoms. The molecule has 0 saturated heterocycles. The molecule has 0 saturated carbocycles. The number of alkyl carbamates (subject to hydrolysis) is 1. The molecule has 0 unspecified atom stereocenters. The minimum atomic E-state index is -0.776. The Morgan fingerprint density at radius 2 is 1.44 bits per heavy atom. The van der Waals surface area contributed by atoms with Crippen molar-refractivity contribution in [3.8, 4) is 11.1 Å². The number of rotatable bonds is 7. The van der Waals surface area contributed by atoms with Crippen LogP contribution in [0.25, 0.3) is 11.1 Å². The Kier molecular flexibility index (Phi) is 7.40. The number of carbonyl (C=O) groups is 2. The molecule has 0 bridgehead atoms. The van der Waals surface area contributed by atoms with E-state index < -0.39 is 23.7 Å². The molecule has 6 heteroatoms. The van der Waals surface area contributed by atoms with E-state index >= 15 is 0 Å². The third-order valence-electron chi connectivity index (χ3n) is 5.49. The summed E-state index contributed by atoms with van der Waals surface area (Å²) in [5.41, 5.74) is 4.01. The van der Waals surface area contributed by atoms with Gasteiger partial charge in [0, 0.05) is 0 Å². The van der Waals surface area contributed by atoms with Gasteiger partial charge in [0.05, 0.1) is 0 Å². The molecule has 1 aliphatic rings. The molecule has 3 aromatic carbocycles.